The Morgan fingerprint density at radius 2 is 2.12 bits per heavy atom. The van der Waals surface area contributed by atoms with Gasteiger partial charge in [-0.05, 0) is 24.6 Å². The van der Waals surface area contributed by atoms with Crippen molar-refractivity contribution < 1.29 is 4.52 Å². The van der Waals surface area contributed by atoms with Crippen molar-refractivity contribution in [1.29, 1.82) is 0 Å². The van der Waals surface area contributed by atoms with E-state index in [0.717, 1.165) is 30.8 Å². The predicted octanol–water partition coefficient (Wildman–Crippen LogP) is 2.77. The molecule has 90 valence electrons. The SMILES string of the molecule is CC(C)(C)c1noc2c3c(ccc12)CCNC3. The second-order valence-electron chi connectivity index (χ2n) is 5.79. The smallest absolute Gasteiger partial charge is 0.171 e. The van der Waals surface area contributed by atoms with Crippen LogP contribution < -0.4 is 5.32 Å². The molecule has 3 heteroatoms. The van der Waals surface area contributed by atoms with Crippen LogP contribution in [0.1, 0.15) is 37.6 Å². The van der Waals surface area contributed by atoms with Crippen LogP contribution in [-0.4, -0.2) is 11.7 Å². The van der Waals surface area contributed by atoms with E-state index >= 15 is 0 Å². The van der Waals surface area contributed by atoms with Gasteiger partial charge >= 0.3 is 0 Å². The van der Waals surface area contributed by atoms with E-state index in [2.05, 4.69) is 43.4 Å². The maximum atomic E-state index is 5.58. The van der Waals surface area contributed by atoms with Gasteiger partial charge in [0.05, 0.1) is 5.69 Å². The third-order valence-corrected chi connectivity index (χ3v) is 3.42. The van der Waals surface area contributed by atoms with E-state index in [4.69, 9.17) is 4.52 Å². The highest BCUT2D eigenvalue weighted by atomic mass is 16.5. The molecular weight excluding hydrogens is 212 g/mol. The van der Waals surface area contributed by atoms with E-state index in [0.29, 0.717) is 0 Å². The minimum absolute atomic E-state index is 0.0293. The van der Waals surface area contributed by atoms with Crippen molar-refractivity contribution in [3.63, 3.8) is 0 Å². The molecule has 2 aromatic rings. The van der Waals surface area contributed by atoms with Gasteiger partial charge in [0.15, 0.2) is 5.58 Å². The highest BCUT2D eigenvalue weighted by Crippen LogP contribution is 2.33. The highest BCUT2D eigenvalue weighted by Gasteiger charge is 2.24. The molecule has 0 saturated heterocycles. The van der Waals surface area contributed by atoms with Gasteiger partial charge in [-0.3, -0.25) is 0 Å². The lowest BCUT2D eigenvalue weighted by molar-refractivity contribution is 0.416. The summed E-state index contributed by atoms with van der Waals surface area (Å²) in [6.07, 6.45) is 1.08. The van der Waals surface area contributed by atoms with E-state index in [1.165, 1.54) is 16.5 Å². The summed E-state index contributed by atoms with van der Waals surface area (Å²) in [5.41, 5.74) is 4.74. The molecule has 1 aliphatic rings. The Balaban J connectivity index is 2.26. The first-order valence-electron chi connectivity index (χ1n) is 6.19. The molecule has 17 heavy (non-hydrogen) atoms. The summed E-state index contributed by atoms with van der Waals surface area (Å²) >= 11 is 0. The van der Waals surface area contributed by atoms with E-state index in [1.54, 1.807) is 0 Å². The molecule has 1 aliphatic heterocycles. The van der Waals surface area contributed by atoms with Crippen LogP contribution >= 0.6 is 0 Å². The molecule has 1 aromatic heterocycles. The zero-order valence-corrected chi connectivity index (χ0v) is 10.6. The standard InChI is InChI=1S/C14H18N2O/c1-14(2,3)13-10-5-4-9-6-7-15-8-11(9)12(10)17-16-13/h4-5,15H,6-8H2,1-3H3. The lowest BCUT2D eigenvalue weighted by atomic mass is 9.88. The molecule has 0 amide bonds. The Kier molecular flexibility index (Phi) is 2.26. The Bertz CT molecular complexity index is 563. The Morgan fingerprint density at radius 1 is 1.29 bits per heavy atom. The van der Waals surface area contributed by atoms with Crippen molar-refractivity contribution in [3.8, 4) is 0 Å². The van der Waals surface area contributed by atoms with Gasteiger partial charge in [0.2, 0.25) is 0 Å². The minimum atomic E-state index is 0.0293. The summed E-state index contributed by atoms with van der Waals surface area (Å²) in [5.74, 6) is 0. The fraction of sp³-hybridized carbons (Fsp3) is 0.500. The first-order chi connectivity index (χ1) is 8.07. The van der Waals surface area contributed by atoms with Crippen LogP contribution in [0.5, 0.6) is 0 Å². The number of rotatable bonds is 0. The van der Waals surface area contributed by atoms with Gasteiger partial charge in [0.1, 0.15) is 0 Å². The van der Waals surface area contributed by atoms with Crippen molar-refractivity contribution in [2.24, 2.45) is 0 Å². The lowest BCUT2D eigenvalue weighted by Crippen LogP contribution is -2.23. The number of hydrogen-bond donors (Lipinski definition) is 1. The van der Waals surface area contributed by atoms with Gasteiger partial charge in [0, 0.05) is 22.9 Å². The number of nitrogens with one attached hydrogen (secondary N) is 1. The summed E-state index contributed by atoms with van der Waals surface area (Å²) in [6.45, 7) is 8.45. The molecule has 3 rings (SSSR count). The average molecular weight is 230 g/mol. The maximum absolute atomic E-state index is 5.58. The third-order valence-electron chi connectivity index (χ3n) is 3.42. The van der Waals surface area contributed by atoms with Gasteiger partial charge in [-0.1, -0.05) is 32.0 Å². The Morgan fingerprint density at radius 3 is 2.88 bits per heavy atom. The van der Waals surface area contributed by atoms with E-state index in [9.17, 15) is 0 Å². The molecule has 0 unspecified atom stereocenters. The number of hydrogen-bond acceptors (Lipinski definition) is 3. The van der Waals surface area contributed by atoms with Crippen molar-refractivity contribution in [3.05, 3.63) is 29.0 Å². The number of nitrogens with zero attached hydrogens (tertiary/aromatic N) is 1. The van der Waals surface area contributed by atoms with Crippen molar-refractivity contribution in [2.45, 2.75) is 39.2 Å². The summed E-state index contributed by atoms with van der Waals surface area (Å²) in [7, 11) is 0. The lowest BCUT2D eigenvalue weighted by Gasteiger charge is -2.17. The van der Waals surface area contributed by atoms with Gasteiger partial charge in [-0.2, -0.15) is 0 Å². The van der Waals surface area contributed by atoms with E-state index in [1.807, 2.05) is 0 Å². The molecule has 1 N–H and O–H groups in total. The third kappa shape index (κ3) is 1.65. The van der Waals surface area contributed by atoms with E-state index < -0.39 is 0 Å². The molecule has 0 saturated carbocycles. The average Bonchev–Trinajstić information content (AvgIpc) is 2.72. The highest BCUT2D eigenvalue weighted by molar-refractivity contribution is 5.84. The van der Waals surface area contributed by atoms with Crippen LogP contribution in [0.15, 0.2) is 16.7 Å². The molecule has 0 fully saturated rings. The second kappa shape index (κ2) is 3.57. The summed E-state index contributed by atoms with van der Waals surface area (Å²) in [6, 6.07) is 4.39. The van der Waals surface area contributed by atoms with Crippen LogP contribution in [0, 0.1) is 0 Å². The van der Waals surface area contributed by atoms with Crippen molar-refractivity contribution in [1.82, 2.24) is 10.5 Å². The zero-order valence-electron chi connectivity index (χ0n) is 10.6. The fourth-order valence-corrected chi connectivity index (χ4v) is 2.51. The van der Waals surface area contributed by atoms with Gasteiger partial charge in [-0.15, -0.1) is 0 Å². The minimum Gasteiger partial charge on any atom is -0.356 e. The zero-order chi connectivity index (χ0) is 12.0. The largest absolute Gasteiger partial charge is 0.356 e. The molecule has 1 aromatic carbocycles. The van der Waals surface area contributed by atoms with Crippen molar-refractivity contribution in [2.75, 3.05) is 6.54 Å². The molecule has 0 spiro atoms. The number of fused-ring (bicyclic) bond motifs is 3. The Hall–Kier alpha value is -1.35. The predicted molar refractivity (Wildman–Crippen MR) is 68.1 cm³/mol. The van der Waals surface area contributed by atoms with Crippen LogP contribution in [0.25, 0.3) is 11.0 Å². The molecule has 0 atom stereocenters. The van der Waals surface area contributed by atoms with Crippen LogP contribution in [0.2, 0.25) is 0 Å². The first kappa shape index (κ1) is 10.8. The van der Waals surface area contributed by atoms with Gasteiger partial charge in [0.25, 0.3) is 0 Å². The quantitative estimate of drug-likeness (QED) is 0.756. The topological polar surface area (TPSA) is 38.1 Å². The van der Waals surface area contributed by atoms with Gasteiger partial charge in [-0.25, -0.2) is 0 Å². The molecule has 0 bridgehead atoms. The molecular formula is C14H18N2O. The molecule has 2 heterocycles. The van der Waals surface area contributed by atoms with Crippen LogP contribution in [0.3, 0.4) is 0 Å². The van der Waals surface area contributed by atoms with Crippen LogP contribution in [-0.2, 0) is 18.4 Å². The molecule has 0 aliphatic carbocycles. The molecule has 3 nitrogen and oxygen atoms in total. The monoisotopic (exact) mass is 230 g/mol. The van der Waals surface area contributed by atoms with Crippen molar-refractivity contribution >= 4 is 11.0 Å². The normalized spacial score (nSPS) is 16.2. The van der Waals surface area contributed by atoms with E-state index in [-0.39, 0.29) is 5.41 Å². The first-order valence-corrected chi connectivity index (χ1v) is 6.19. The summed E-state index contributed by atoms with van der Waals surface area (Å²) < 4.78 is 5.58. The summed E-state index contributed by atoms with van der Waals surface area (Å²) in [4.78, 5) is 0. The fourth-order valence-electron chi connectivity index (χ4n) is 2.51. The number of aromatic nitrogens is 1. The maximum Gasteiger partial charge on any atom is 0.171 e. The van der Waals surface area contributed by atoms with Crippen LogP contribution in [0.4, 0.5) is 0 Å². The summed E-state index contributed by atoms with van der Waals surface area (Å²) in [5, 5.41) is 8.83. The second-order valence-corrected chi connectivity index (χ2v) is 5.79. The number of benzene rings is 1. The molecule has 0 radical (unpaired) electrons. The Labute approximate surface area is 101 Å². The van der Waals surface area contributed by atoms with Gasteiger partial charge < -0.3 is 9.84 Å².